The fraction of sp³-hybridized carbons (Fsp3) is 0.105. The number of rotatable bonds is 5. The number of nitrogens with zero attached hydrogens (tertiary/aromatic N) is 3. The molecule has 132 valence electrons. The second kappa shape index (κ2) is 7.97. The van der Waals surface area contributed by atoms with E-state index in [-0.39, 0.29) is 5.91 Å². The summed E-state index contributed by atoms with van der Waals surface area (Å²) in [7, 11) is 1.62. The van der Waals surface area contributed by atoms with Gasteiger partial charge in [0.1, 0.15) is 5.75 Å². The number of benzene rings is 2. The summed E-state index contributed by atoms with van der Waals surface area (Å²) >= 11 is 3.42. The van der Waals surface area contributed by atoms with Crippen LogP contribution in [0.25, 0.3) is 11.3 Å². The number of amides is 1. The van der Waals surface area contributed by atoms with Gasteiger partial charge in [0.05, 0.1) is 25.2 Å². The molecule has 6 nitrogen and oxygen atoms in total. The summed E-state index contributed by atoms with van der Waals surface area (Å²) in [5, 5.41) is 7.11. The van der Waals surface area contributed by atoms with E-state index in [2.05, 4.69) is 31.3 Å². The standard InChI is InChI=1S/C19H17BrN4O2/c1-13(25)22-19-23-18(15-5-7-16(20)8-6-15)12-24(19)21-11-14-3-9-17(26-2)10-4-14/h3-12H,1-2H3,(H,22,23,25)/b21-11+. The van der Waals surface area contributed by atoms with E-state index in [1.165, 1.54) is 6.92 Å². The van der Waals surface area contributed by atoms with Gasteiger partial charge >= 0.3 is 0 Å². The summed E-state index contributed by atoms with van der Waals surface area (Å²) < 4.78 is 7.68. The quantitative estimate of drug-likeness (QED) is 0.639. The highest BCUT2D eigenvalue weighted by Crippen LogP contribution is 2.23. The number of anilines is 1. The molecular formula is C19H17BrN4O2. The summed E-state index contributed by atoms with van der Waals surface area (Å²) in [5.74, 6) is 0.931. The van der Waals surface area contributed by atoms with Crippen LogP contribution in [-0.4, -0.2) is 28.9 Å². The molecule has 1 N–H and O–H groups in total. The first-order chi connectivity index (χ1) is 12.5. The average Bonchev–Trinajstić information content (AvgIpc) is 3.03. The van der Waals surface area contributed by atoms with Crippen molar-refractivity contribution in [3.8, 4) is 17.0 Å². The third-order valence-corrected chi connectivity index (χ3v) is 4.09. The molecule has 0 saturated heterocycles. The maximum atomic E-state index is 11.5. The first-order valence-electron chi connectivity index (χ1n) is 7.86. The van der Waals surface area contributed by atoms with E-state index in [0.717, 1.165) is 21.3 Å². The van der Waals surface area contributed by atoms with Crippen molar-refractivity contribution < 1.29 is 9.53 Å². The highest BCUT2D eigenvalue weighted by molar-refractivity contribution is 9.10. The first kappa shape index (κ1) is 17.9. The maximum Gasteiger partial charge on any atom is 0.231 e. The molecule has 26 heavy (non-hydrogen) atoms. The van der Waals surface area contributed by atoms with Crippen LogP contribution in [0.3, 0.4) is 0 Å². The lowest BCUT2D eigenvalue weighted by atomic mass is 10.2. The van der Waals surface area contributed by atoms with Crippen LogP contribution in [0.2, 0.25) is 0 Å². The van der Waals surface area contributed by atoms with Crippen molar-refractivity contribution in [3.05, 3.63) is 64.8 Å². The van der Waals surface area contributed by atoms with Crippen molar-refractivity contribution in [1.29, 1.82) is 0 Å². The van der Waals surface area contributed by atoms with Gasteiger partial charge in [0.25, 0.3) is 0 Å². The lowest BCUT2D eigenvalue weighted by molar-refractivity contribution is -0.114. The van der Waals surface area contributed by atoms with E-state index in [1.54, 1.807) is 24.2 Å². The number of imidazole rings is 1. The number of aromatic nitrogens is 2. The Morgan fingerprint density at radius 2 is 1.88 bits per heavy atom. The Balaban J connectivity index is 1.91. The monoisotopic (exact) mass is 412 g/mol. The molecule has 3 aromatic rings. The third-order valence-electron chi connectivity index (χ3n) is 3.56. The number of carbonyl (C=O) groups excluding carboxylic acids is 1. The molecule has 0 atom stereocenters. The Labute approximate surface area is 159 Å². The van der Waals surface area contributed by atoms with Crippen LogP contribution in [0, 0.1) is 0 Å². The average molecular weight is 413 g/mol. The molecule has 1 aromatic heterocycles. The molecule has 3 rings (SSSR count). The molecule has 0 saturated carbocycles. The summed E-state index contributed by atoms with van der Waals surface area (Å²) in [5.41, 5.74) is 2.55. The van der Waals surface area contributed by atoms with Crippen molar-refractivity contribution in [3.63, 3.8) is 0 Å². The van der Waals surface area contributed by atoms with Crippen LogP contribution in [0.15, 0.2) is 64.3 Å². The van der Waals surface area contributed by atoms with E-state index in [9.17, 15) is 4.79 Å². The largest absolute Gasteiger partial charge is 0.497 e. The normalized spacial score (nSPS) is 10.9. The fourth-order valence-electron chi connectivity index (χ4n) is 2.28. The number of hydrogen-bond donors (Lipinski definition) is 1. The van der Waals surface area contributed by atoms with Crippen molar-refractivity contribution in [2.45, 2.75) is 6.92 Å². The molecule has 2 aromatic carbocycles. The van der Waals surface area contributed by atoms with Gasteiger partial charge in [-0.3, -0.25) is 10.1 Å². The Kier molecular flexibility index (Phi) is 5.48. The van der Waals surface area contributed by atoms with Crippen LogP contribution in [-0.2, 0) is 4.79 Å². The molecule has 1 amide bonds. The Morgan fingerprint density at radius 3 is 2.50 bits per heavy atom. The molecule has 0 spiro atoms. The van der Waals surface area contributed by atoms with E-state index < -0.39 is 0 Å². The topological polar surface area (TPSA) is 68.5 Å². The maximum absolute atomic E-state index is 11.5. The second-order valence-electron chi connectivity index (χ2n) is 5.50. The molecule has 1 heterocycles. The zero-order chi connectivity index (χ0) is 18.5. The third kappa shape index (κ3) is 4.37. The molecule has 0 aliphatic heterocycles. The van der Waals surface area contributed by atoms with Crippen molar-refractivity contribution in [1.82, 2.24) is 9.66 Å². The van der Waals surface area contributed by atoms with Gasteiger partial charge in [-0.15, -0.1) is 0 Å². The number of methoxy groups -OCH3 is 1. The van der Waals surface area contributed by atoms with Crippen LogP contribution >= 0.6 is 15.9 Å². The second-order valence-corrected chi connectivity index (χ2v) is 6.42. The number of carbonyl (C=O) groups is 1. The van der Waals surface area contributed by atoms with Gasteiger partial charge in [-0.1, -0.05) is 28.1 Å². The zero-order valence-electron chi connectivity index (χ0n) is 14.3. The Bertz CT molecular complexity index is 931. The highest BCUT2D eigenvalue weighted by Gasteiger charge is 2.10. The summed E-state index contributed by atoms with van der Waals surface area (Å²) in [6.45, 7) is 1.44. The van der Waals surface area contributed by atoms with E-state index >= 15 is 0 Å². The van der Waals surface area contributed by atoms with Crippen LogP contribution in [0.4, 0.5) is 5.95 Å². The predicted molar refractivity (Wildman–Crippen MR) is 106 cm³/mol. The smallest absolute Gasteiger partial charge is 0.231 e. The fourth-order valence-corrected chi connectivity index (χ4v) is 2.54. The predicted octanol–water partition coefficient (Wildman–Crippen LogP) is 4.16. The van der Waals surface area contributed by atoms with Gasteiger partial charge in [0, 0.05) is 17.0 Å². The lowest BCUT2D eigenvalue weighted by Crippen LogP contribution is -2.10. The molecule has 0 aliphatic rings. The van der Waals surface area contributed by atoms with Crippen LogP contribution in [0.1, 0.15) is 12.5 Å². The minimum absolute atomic E-state index is 0.209. The summed E-state index contributed by atoms with van der Waals surface area (Å²) in [4.78, 5) is 15.9. The van der Waals surface area contributed by atoms with E-state index in [0.29, 0.717) is 11.6 Å². The number of halogens is 1. The van der Waals surface area contributed by atoms with E-state index in [1.807, 2.05) is 48.5 Å². The minimum atomic E-state index is -0.209. The minimum Gasteiger partial charge on any atom is -0.497 e. The molecule has 0 radical (unpaired) electrons. The van der Waals surface area contributed by atoms with Gasteiger partial charge in [-0.25, -0.2) is 9.66 Å². The molecule has 7 heteroatoms. The van der Waals surface area contributed by atoms with Crippen molar-refractivity contribution in [2.75, 3.05) is 12.4 Å². The van der Waals surface area contributed by atoms with Crippen molar-refractivity contribution in [2.24, 2.45) is 5.10 Å². The van der Waals surface area contributed by atoms with Crippen LogP contribution < -0.4 is 10.1 Å². The summed E-state index contributed by atoms with van der Waals surface area (Å²) in [6.07, 6.45) is 3.46. The van der Waals surface area contributed by atoms with Gasteiger partial charge in [0.15, 0.2) is 0 Å². The van der Waals surface area contributed by atoms with Crippen molar-refractivity contribution >= 4 is 34.0 Å². The van der Waals surface area contributed by atoms with Gasteiger partial charge in [-0.05, 0) is 42.0 Å². The highest BCUT2D eigenvalue weighted by atomic mass is 79.9. The summed E-state index contributed by atoms with van der Waals surface area (Å²) in [6, 6.07) is 15.3. The van der Waals surface area contributed by atoms with E-state index in [4.69, 9.17) is 4.74 Å². The molecule has 0 fully saturated rings. The first-order valence-corrected chi connectivity index (χ1v) is 8.66. The zero-order valence-corrected chi connectivity index (χ0v) is 15.9. The van der Waals surface area contributed by atoms with Gasteiger partial charge < -0.3 is 4.74 Å². The Morgan fingerprint density at radius 1 is 1.19 bits per heavy atom. The van der Waals surface area contributed by atoms with Gasteiger partial charge in [0.2, 0.25) is 11.9 Å². The number of hydrogen-bond acceptors (Lipinski definition) is 4. The SMILES string of the molecule is COc1ccc(/C=N/n2cc(-c3ccc(Br)cc3)nc2NC(C)=O)cc1. The lowest BCUT2D eigenvalue weighted by Gasteiger charge is -2.01. The molecule has 0 unspecified atom stereocenters. The molecular weight excluding hydrogens is 396 g/mol. The number of nitrogens with one attached hydrogen (secondary N) is 1. The molecule has 0 bridgehead atoms. The van der Waals surface area contributed by atoms with Crippen LogP contribution in [0.5, 0.6) is 5.75 Å². The Hall–Kier alpha value is -2.93. The molecule has 0 aliphatic carbocycles. The van der Waals surface area contributed by atoms with Gasteiger partial charge in [-0.2, -0.15) is 5.10 Å². The number of ether oxygens (including phenoxy) is 1.